The lowest BCUT2D eigenvalue weighted by Gasteiger charge is -2.20. The molecule has 0 radical (unpaired) electrons. The maximum atomic E-state index is 11.1. The molecule has 0 unspecified atom stereocenters. The molecule has 4 nitrogen and oxygen atoms in total. The molecule has 0 aliphatic heterocycles. The Labute approximate surface area is 297 Å². The molecule has 0 N–H and O–H groups in total. The van der Waals surface area contributed by atoms with Crippen LogP contribution in [0.3, 0.4) is 0 Å². The van der Waals surface area contributed by atoms with Gasteiger partial charge in [-0.1, -0.05) is 133 Å². The summed E-state index contributed by atoms with van der Waals surface area (Å²) >= 11 is 0. The molecule has 0 aliphatic carbocycles. The molecule has 2 aromatic heterocycles. The van der Waals surface area contributed by atoms with Gasteiger partial charge in [-0.2, -0.15) is 10.5 Å². The Hall–Kier alpha value is -7.40. The number of hydrogen-bond acceptors (Lipinski definition) is 2. The van der Waals surface area contributed by atoms with Crippen LogP contribution < -0.4 is 0 Å². The first-order chi connectivity index (χ1) is 25.8. The van der Waals surface area contributed by atoms with E-state index < -0.39 is 0 Å². The second kappa shape index (κ2) is 10.6. The summed E-state index contributed by atoms with van der Waals surface area (Å²) in [5.74, 6) is 0. The molecule has 0 spiro atoms. The normalized spacial score (nSPS) is 11.8. The van der Waals surface area contributed by atoms with Crippen molar-refractivity contribution in [2.24, 2.45) is 0 Å². The van der Waals surface area contributed by atoms with Crippen molar-refractivity contribution in [2.75, 3.05) is 0 Å². The Balaban J connectivity index is 1.44. The summed E-state index contributed by atoms with van der Waals surface area (Å²) in [5.41, 5.74) is 6.30. The van der Waals surface area contributed by atoms with Gasteiger partial charge in [0.25, 0.3) is 0 Å². The molecule has 52 heavy (non-hydrogen) atoms. The highest BCUT2D eigenvalue weighted by Crippen LogP contribution is 2.47. The van der Waals surface area contributed by atoms with Gasteiger partial charge in [-0.25, -0.2) is 0 Å². The monoisotopic (exact) mass is 658 g/mol. The summed E-state index contributed by atoms with van der Waals surface area (Å²) in [6, 6.07) is 60.1. The molecule has 9 aromatic carbocycles. The number of nitrogens with zero attached hydrogens (tertiary/aromatic N) is 4. The predicted molar refractivity (Wildman–Crippen MR) is 215 cm³/mol. The quantitative estimate of drug-likeness (QED) is 0.174. The maximum Gasteiger partial charge on any atom is 0.103 e. The number of hydrogen-bond donors (Lipinski definition) is 0. The standard InChI is InChI=1S/C48H26N4/c49-27-29-25-26-43(51-41-23-11-9-21-38(41)44-34-17-5-1-13-30(34)32-15-3-7-19-36(32)47(44)51)46(40(29)28-50)52-42-24-12-10-22-39(42)45-35-18-6-2-14-31(35)33-16-4-8-20-37(33)48(45)52/h1-26H. The number of aromatic nitrogens is 2. The molecular formula is C48H26N4. The van der Waals surface area contributed by atoms with Gasteiger partial charge >= 0.3 is 0 Å². The first-order valence-electron chi connectivity index (χ1n) is 17.4. The van der Waals surface area contributed by atoms with Crippen LogP contribution in [0.2, 0.25) is 0 Å². The van der Waals surface area contributed by atoms with Gasteiger partial charge in [-0.15, -0.1) is 0 Å². The van der Waals surface area contributed by atoms with Crippen LogP contribution in [0.5, 0.6) is 0 Å². The molecule has 11 rings (SSSR count). The SMILES string of the molecule is N#Cc1ccc(-n2c3ccccc3c3c4ccccc4c4ccccc4c32)c(-n2c3ccccc3c3c4ccccc4c4ccccc4c32)c1C#N. The average Bonchev–Trinajstić information content (AvgIpc) is 3.75. The van der Waals surface area contributed by atoms with E-state index in [1.54, 1.807) is 0 Å². The zero-order valence-electron chi connectivity index (χ0n) is 27.8. The summed E-state index contributed by atoms with van der Waals surface area (Å²) in [6.45, 7) is 0. The third-order valence-electron chi connectivity index (χ3n) is 10.9. The first kappa shape index (κ1) is 28.4. The van der Waals surface area contributed by atoms with Crippen LogP contribution in [0.1, 0.15) is 11.1 Å². The van der Waals surface area contributed by atoms with E-state index in [9.17, 15) is 10.5 Å². The van der Waals surface area contributed by atoms with Gasteiger partial charge in [-0.05, 0) is 56.6 Å². The molecule has 0 aliphatic rings. The van der Waals surface area contributed by atoms with Crippen LogP contribution in [-0.2, 0) is 0 Å². The third-order valence-corrected chi connectivity index (χ3v) is 10.9. The average molecular weight is 659 g/mol. The Morgan fingerprint density at radius 3 is 1.21 bits per heavy atom. The molecule has 0 saturated carbocycles. The van der Waals surface area contributed by atoms with Crippen LogP contribution >= 0.6 is 0 Å². The van der Waals surface area contributed by atoms with E-state index in [4.69, 9.17) is 0 Å². The van der Waals surface area contributed by atoms with Crippen LogP contribution in [0.4, 0.5) is 0 Å². The summed E-state index contributed by atoms with van der Waals surface area (Å²) in [4.78, 5) is 0. The van der Waals surface area contributed by atoms with Gasteiger partial charge < -0.3 is 9.13 Å². The van der Waals surface area contributed by atoms with Gasteiger partial charge in [0.1, 0.15) is 12.1 Å². The lowest BCUT2D eigenvalue weighted by atomic mass is 9.96. The van der Waals surface area contributed by atoms with E-state index in [0.717, 1.165) is 70.8 Å². The van der Waals surface area contributed by atoms with Crippen molar-refractivity contribution in [3.8, 4) is 23.5 Å². The molecule has 0 atom stereocenters. The van der Waals surface area contributed by atoms with Gasteiger partial charge in [0.15, 0.2) is 0 Å². The Morgan fingerprint density at radius 2 is 0.731 bits per heavy atom. The highest BCUT2D eigenvalue weighted by Gasteiger charge is 2.27. The van der Waals surface area contributed by atoms with Crippen LogP contribution in [0.15, 0.2) is 158 Å². The minimum Gasteiger partial charge on any atom is -0.306 e. The zero-order chi connectivity index (χ0) is 34.5. The second-order valence-corrected chi connectivity index (χ2v) is 13.4. The highest BCUT2D eigenvalue weighted by molar-refractivity contribution is 6.34. The van der Waals surface area contributed by atoms with Crippen molar-refractivity contribution in [2.45, 2.75) is 0 Å². The van der Waals surface area contributed by atoms with Gasteiger partial charge in [0.05, 0.1) is 44.6 Å². The molecule has 2 heterocycles. The van der Waals surface area contributed by atoms with Gasteiger partial charge in [0.2, 0.25) is 0 Å². The number of rotatable bonds is 2. The summed E-state index contributed by atoms with van der Waals surface area (Å²) in [5, 5.41) is 35.4. The fourth-order valence-corrected chi connectivity index (χ4v) is 8.93. The number of fused-ring (bicyclic) bond motifs is 16. The van der Waals surface area contributed by atoms with E-state index in [2.05, 4.69) is 167 Å². The Morgan fingerprint density at radius 1 is 0.346 bits per heavy atom. The van der Waals surface area contributed by atoms with E-state index in [1.165, 1.54) is 21.5 Å². The molecule has 0 fully saturated rings. The maximum absolute atomic E-state index is 11.1. The van der Waals surface area contributed by atoms with Crippen molar-refractivity contribution < 1.29 is 0 Å². The zero-order valence-corrected chi connectivity index (χ0v) is 27.8. The van der Waals surface area contributed by atoms with Gasteiger partial charge in [-0.3, -0.25) is 0 Å². The molecular weight excluding hydrogens is 633 g/mol. The molecule has 4 heteroatoms. The number of para-hydroxylation sites is 2. The fourth-order valence-electron chi connectivity index (χ4n) is 8.93. The minimum absolute atomic E-state index is 0.341. The Bertz CT molecular complexity index is 3440. The van der Waals surface area contributed by atoms with E-state index in [-0.39, 0.29) is 0 Å². The van der Waals surface area contributed by atoms with Crippen molar-refractivity contribution in [3.05, 3.63) is 169 Å². The van der Waals surface area contributed by atoms with Gasteiger partial charge in [0, 0.05) is 32.3 Å². The van der Waals surface area contributed by atoms with Crippen molar-refractivity contribution >= 4 is 86.7 Å². The lowest BCUT2D eigenvalue weighted by Crippen LogP contribution is -2.08. The highest BCUT2D eigenvalue weighted by atomic mass is 15.1. The summed E-state index contributed by atoms with van der Waals surface area (Å²) in [7, 11) is 0. The van der Waals surface area contributed by atoms with E-state index in [0.29, 0.717) is 16.8 Å². The third kappa shape index (κ3) is 3.58. The van der Waals surface area contributed by atoms with Crippen molar-refractivity contribution in [1.29, 1.82) is 10.5 Å². The summed E-state index contributed by atoms with van der Waals surface area (Å²) in [6.07, 6.45) is 0. The lowest BCUT2D eigenvalue weighted by molar-refractivity contribution is 1.09. The van der Waals surface area contributed by atoms with E-state index in [1.807, 2.05) is 12.1 Å². The molecule has 238 valence electrons. The van der Waals surface area contributed by atoms with Crippen LogP contribution in [0, 0.1) is 22.7 Å². The number of nitriles is 2. The van der Waals surface area contributed by atoms with Crippen molar-refractivity contribution in [1.82, 2.24) is 9.13 Å². The minimum atomic E-state index is 0.341. The topological polar surface area (TPSA) is 57.4 Å². The largest absolute Gasteiger partial charge is 0.306 e. The second-order valence-electron chi connectivity index (χ2n) is 13.4. The predicted octanol–water partition coefficient (Wildman–Crippen LogP) is 12.2. The molecule has 0 bridgehead atoms. The Kier molecular flexibility index (Phi) is 5.77. The van der Waals surface area contributed by atoms with E-state index >= 15 is 0 Å². The van der Waals surface area contributed by atoms with Crippen LogP contribution in [-0.4, -0.2) is 9.13 Å². The molecule has 0 saturated heterocycles. The molecule has 11 aromatic rings. The summed E-state index contributed by atoms with van der Waals surface area (Å²) < 4.78 is 4.60. The smallest absolute Gasteiger partial charge is 0.103 e. The first-order valence-corrected chi connectivity index (χ1v) is 17.4. The van der Waals surface area contributed by atoms with Crippen LogP contribution in [0.25, 0.3) is 98.1 Å². The molecule has 0 amide bonds. The van der Waals surface area contributed by atoms with Crippen molar-refractivity contribution in [3.63, 3.8) is 0 Å². The number of benzene rings is 9. The fraction of sp³-hybridized carbons (Fsp3) is 0.